The Kier molecular flexibility index (Phi) is 3.47. The summed E-state index contributed by atoms with van der Waals surface area (Å²) in [6, 6.07) is 8.34. The molecule has 2 aromatic rings. The van der Waals surface area contributed by atoms with Crippen LogP contribution in [-0.2, 0) is 0 Å². The molecule has 0 unspecified atom stereocenters. The van der Waals surface area contributed by atoms with E-state index in [0.29, 0.717) is 27.4 Å². The number of ether oxygens (including phenoxy) is 1. The summed E-state index contributed by atoms with van der Waals surface area (Å²) in [7, 11) is 0. The third-order valence-electron chi connectivity index (χ3n) is 2.19. The molecule has 0 fully saturated rings. The molecule has 18 heavy (non-hydrogen) atoms. The van der Waals surface area contributed by atoms with Crippen LogP contribution in [0.1, 0.15) is 10.4 Å². The largest absolute Gasteiger partial charge is 0.437 e. The molecule has 1 amide bonds. The fourth-order valence-electron chi connectivity index (χ4n) is 1.38. The first-order valence-corrected chi connectivity index (χ1v) is 5.85. The van der Waals surface area contributed by atoms with Crippen LogP contribution in [0.2, 0.25) is 0 Å². The van der Waals surface area contributed by atoms with Gasteiger partial charge in [-0.15, -0.1) is 0 Å². The number of carbonyl (C=O) groups is 1. The predicted octanol–water partition coefficient (Wildman–Crippen LogP) is 2.32. The van der Waals surface area contributed by atoms with Crippen molar-refractivity contribution in [3.8, 4) is 11.6 Å². The molecule has 1 aromatic carbocycles. The van der Waals surface area contributed by atoms with Crippen molar-refractivity contribution < 1.29 is 9.53 Å². The summed E-state index contributed by atoms with van der Waals surface area (Å²) in [6.45, 7) is 0. The average molecular weight is 308 g/mol. The summed E-state index contributed by atoms with van der Waals surface area (Å²) in [5.41, 5.74) is 11.6. The molecule has 0 aliphatic rings. The van der Waals surface area contributed by atoms with Gasteiger partial charge in [-0.2, -0.15) is 0 Å². The van der Waals surface area contributed by atoms with Crippen LogP contribution in [0.25, 0.3) is 0 Å². The van der Waals surface area contributed by atoms with Crippen molar-refractivity contribution in [3.63, 3.8) is 0 Å². The minimum Gasteiger partial charge on any atom is -0.437 e. The van der Waals surface area contributed by atoms with Crippen LogP contribution in [-0.4, -0.2) is 10.9 Å². The van der Waals surface area contributed by atoms with Gasteiger partial charge in [0.25, 0.3) is 5.91 Å². The van der Waals surface area contributed by atoms with E-state index in [4.69, 9.17) is 16.2 Å². The van der Waals surface area contributed by atoms with Gasteiger partial charge >= 0.3 is 0 Å². The van der Waals surface area contributed by atoms with Crippen LogP contribution >= 0.6 is 15.9 Å². The SMILES string of the molecule is NC(=O)c1ccccc1Oc1ncc(N)cc1Br. The summed E-state index contributed by atoms with van der Waals surface area (Å²) in [4.78, 5) is 15.3. The van der Waals surface area contributed by atoms with E-state index in [0.717, 1.165) is 0 Å². The molecule has 4 N–H and O–H groups in total. The minimum absolute atomic E-state index is 0.294. The van der Waals surface area contributed by atoms with Gasteiger partial charge in [-0.1, -0.05) is 12.1 Å². The van der Waals surface area contributed by atoms with Gasteiger partial charge in [-0.05, 0) is 34.1 Å². The Labute approximate surface area is 112 Å². The molecular weight excluding hydrogens is 298 g/mol. The monoisotopic (exact) mass is 307 g/mol. The second-order valence-electron chi connectivity index (χ2n) is 3.52. The van der Waals surface area contributed by atoms with Gasteiger partial charge in [0.2, 0.25) is 5.88 Å². The smallest absolute Gasteiger partial charge is 0.252 e. The normalized spacial score (nSPS) is 10.1. The summed E-state index contributed by atoms with van der Waals surface area (Å²) in [5.74, 6) is 0.109. The Morgan fingerprint density at radius 2 is 2.06 bits per heavy atom. The highest BCUT2D eigenvalue weighted by Crippen LogP contribution is 2.30. The standard InChI is InChI=1S/C12H10BrN3O2/c13-9-5-7(14)6-16-12(9)18-10-4-2-1-3-8(10)11(15)17/h1-6H,14H2,(H2,15,17). The number of halogens is 1. The molecule has 1 aromatic heterocycles. The third-order valence-corrected chi connectivity index (χ3v) is 2.76. The van der Waals surface area contributed by atoms with Crippen molar-refractivity contribution >= 4 is 27.5 Å². The maximum Gasteiger partial charge on any atom is 0.252 e. The van der Waals surface area contributed by atoms with Gasteiger partial charge in [0.05, 0.1) is 21.9 Å². The van der Waals surface area contributed by atoms with E-state index in [-0.39, 0.29) is 0 Å². The predicted molar refractivity (Wildman–Crippen MR) is 71.4 cm³/mol. The summed E-state index contributed by atoms with van der Waals surface area (Å²) in [5, 5.41) is 0. The van der Waals surface area contributed by atoms with Crippen LogP contribution in [0.4, 0.5) is 5.69 Å². The highest BCUT2D eigenvalue weighted by molar-refractivity contribution is 9.10. The van der Waals surface area contributed by atoms with Gasteiger partial charge in [0.15, 0.2) is 0 Å². The van der Waals surface area contributed by atoms with E-state index >= 15 is 0 Å². The number of aromatic nitrogens is 1. The first-order chi connectivity index (χ1) is 8.58. The molecule has 0 aliphatic heterocycles. The number of carbonyl (C=O) groups excluding carboxylic acids is 1. The lowest BCUT2D eigenvalue weighted by Gasteiger charge is -2.09. The molecular formula is C12H10BrN3O2. The van der Waals surface area contributed by atoms with Crippen molar-refractivity contribution in [2.45, 2.75) is 0 Å². The number of para-hydroxylation sites is 1. The number of primary amides is 1. The molecule has 0 atom stereocenters. The maximum absolute atomic E-state index is 11.2. The van der Waals surface area contributed by atoms with Crippen LogP contribution in [0.15, 0.2) is 41.0 Å². The molecule has 0 radical (unpaired) electrons. The van der Waals surface area contributed by atoms with Gasteiger partial charge in [-0.25, -0.2) is 4.98 Å². The van der Waals surface area contributed by atoms with Crippen molar-refractivity contribution in [2.75, 3.05) is 5.73 Å². The number of nitrogens with two attached hydrogens (primary N) is 2. The van der Waals surface area contributed by atoms with E-state index in [2.05, 4.69) is 20.9 Å². The van der Waals surface area contributed by atoms with E-state index in [1.807, 2.05) is 0 Å². The molecule has 0 aliphatic carbocycles. The van der Waals surface area contributed by atoms with Crippen molar-refractivity contribution in [3.05, 3.63) is 46.6 Å². The first kappa shape index (κ1) is 12.4. The summed E-state index contributed by atoms with van der Waals surface area (Å²) < 4.78 is 6.14. The number of nitrogen functional groups attached to an aromatic ring is 1. The lowest BCUT2D eigenvalue weighted by atomic mass is 10.2. The van der Waals surface area contributed by atoms with Gasteiger partial charge < -0.3 is 16.2 Å². The van der Waals surface area contributed by atoms with Crippen molar-refractivity contribution in [1.29, 1.82) is 0 Å². The van der Waals surface area contributed by atoms with E-state index in [1.165, 1.54) is 6.20 Å². The molecule has 6 heteroatoms. The van der Waals surface area contributed by atoms with Crippen LogP contribution in [0, 0.1) is 0 Å². The Bertz CT molecular complexity index is 602. The number of anilines is 1. The molecule has 0 spiro atoms. The number of amides is 1. The highest BCUT2D eigenvalue weighted by Gasteiger charge is 2.11. The Balaban J connectivity index is 2.37. The topological polar surface area (TPSA) is 91.2 Å². The van der Waals surface area contributed by atoms with E-state index in [9.17, 15) is 4.79 Å². The Hall–Kier alpha value is -2.08. The number of benzene rings is 1. The fourth-order valence-corrected chi connectivity index (χ4v) is 1.83. The van der Waals surface area contributed by atoms with Gasteiger partial charge in [-0.3, -0.25) is 4.79 Å². The van der Waals surface area contributed by atoms with E-state index in [1.54, 1.807) is 30.3 Å². The highest BCUT2D eigenvalue weighted by atomic mass is 79.9. The Morgan fingerprint density at radius 3 is 2.72 bits per heavy atom. The van der Waals surface area contributed by atoms with Crippen LogP contribution < -0.4 is 16.2 Å². The van der Waals surface area contributed by atoms with Crippen LogP contribution in [0.5, 0.6) is 11.6 Å². The molecule has 0 bridgehead atoms. The number of rotatable bonds is 3. The third kappa shape index (κ3) is 2.60. The van der Waals surface area contributed by atoms with Gasteiger partial charge in [0.1, 0.15) is 5.75 Å². The van der Waals surface area contributed by atoms with Crippen LogP contribution in [0.3, 0.4) is 0 Å². The lowest BCUT2D eigenvalue weighted by molar-refractivity contribution is 0.0998. The molecule has 2 rings (SSSR count). The zero-order chi connectivity index (χ0) is 13.1. The molecule has 0 saturated heterocycles. The number of pyridine rings is 1. The summed E-state index contributed by atoms with van der Waals surface area (Å²) >= 11 is 3.28. The van der Waals surface area contributed by atoms with E-state index < -0.39 is 5.91 Å². The second kappa shape index (κ2) is 5.05. The number of hydrogen-bond acceptors (Lipinski definition) is 4. The number of hydrogen-bond donors (Lipinski definition) is 2. The molecule has 0 saturated carbocycles. The zero-order valence-electron chi connectivity index (χ0n) is 9.26. The fraction of sp³-hybridized carbons (Fsp3) is 0. The zero-order valence-corrected chi connectivity index (χ0v) is 10.8. The average Bonchev–Trinajstić information content (AvgIpc) is 2.33. The molecule has 5 nitrogen and oxygen atoms in total. The summed E-state index contributed by atoms with van der Waals surface area (Å²) in [6.07, 6.45) is 1.47. The number of nitrogens with zero attached hydrogens (tertiary/aromatic N) is 1. The molecule has 92 valence electrons. The minimum atomic E-state index is -0.558. The van der Waals surface area contributed by atoms with Gasteiger partial charge in [0, 0.05) is 0 Å². The maximum atomic E-state index is 11.2. The quantitative estimate of drug-likeness (QED) is 0.910. The Morgan fingerprint density at radius 1 is 1.33 bits per heavy atom. The lowest BCUT2D eigenvalue weighted by Crippen LogP contribution is -2.12. The second-order valence-corrected chi connectivity index (χ2v) is 4.37. The van der Waals surface area contributed by atoms with Crippen molar-refractivity contribution in [1.82, 2.24) is 4.98 Å². The first-order valence-electron chi connectivity index (χ1n) is 5.05. The van der Waals surface area contributed by atoms with Crippen molar-refractivity contribution in [2.24, 2.45) is 5.73 Å². The molecule has 1 heterocycles.